The number of hydrogen-bond donors (Lipinski definition) is 1. The van der Waals surface area contributed by atoms with Crippen LogP contribution in [0.25, 0.3) is 11.4 Å². The van der Waals surface area contributed by atoms with Crippen molar-refractivity contribution in [2.24, 2.45) is 0 Å². The van der Waals surface area contributed by atoms with E-state index in [2.05, 4.69) is 20.4 Å². The van der Waals surface area contributed by atoms with Crippen LogP contribution in [0.15, 0.2) is 53.3 Å². The van der Waals surface area contributed by atoms with Gasteiger partial charge in [-0.2, -0.15) is 4.98 Å². The van der Waals surface area contributed by atoms with Crippen LogP contribution in [0, 0.1) is 0 Å². The molecule has 0 aliphatic carbocycles. The van der Waals surface area contributed by atoms with Gasteiger partial charge in [0.2, 0.25) is 17.6 Å². The van der Waals surface area contributed by atoms with Gasteiger partial charge in [0, 0.05) is 42.4 Å². The maximum atomic E-state index is 11.9. The Kier molecular flexibility index (Phi) is 5.18. The molecular weight excluding hydrogens is 328 g/mol. The number of halogens is 1. The monoisotopic (exact) mass is 342 g/mol. The number of nitrogens with one attached hydrogen (secondary N) is 1. The topological polar surface area (TPSA) is 80.9 Å². The molecule has 0 radical (unpaired) electrons. The van der Waals surface area contributed by atoms with Gasteiger partial charge in [0.1, 0.15) is 0 Å². The summed E-state index contributed by atoms with van der Waals surface area (Å²) in [6, 6.07) is 11.0. The molecule has 2 aromatic heterocycles. The summed E-state index contributed by atoms with van der Waals surface area (Å²) in [7, 11) is 0. The molecule has 0 aliphatic rings. The fraction of sp³-hybridized carbons (Fsp3) is 0.176. The number of pyridine rings is 1. The summed E-state index contributed by atoms with van der Waals surface area (Å²) in [5.41, 5.74) is 1.73. The van der Waals surface area contributed by atoms with Crippen molar-refractivity contribution in [1.82, 2.24) is 20.4 Å². The maximum absolute atomic E-state index is 11.9. The van der Waals surface area contributed by atoms with Gasteiger partial charge in [-0.15, -0.1) is 0 Å². The second kappa shape index (κ2) is 7.70. The molecule has 3 aromatic rings. The van der Waals surface area contributed by atoms with Crippen LogP contribution >= 0.6 is 11.6 Å². The highest BCUT2D eigenvalue weighted by molar-refractivity contribution is 6.30. The minimum absolute atomic E-state index is 0.0869. The summed E-state index contributed by atoms with van der Waals surface area (Å²) in [4.78, 5) is 20.2. The number of aromatic nitrogens is 3. The summed E-state index contributed by atoms with van der Waals surface area (Å²) in [5.74, 6) is 0.806. The lowest BCUT2D eigenvalue weighted by Crippen LogP contribution is -2.23. The first-order chi connectivity index (χ1) is 11.7. The van der Waals surface area contributed by atoms with Crippen molar-refractivity contribution in [3.8, 4) is 11.4 Å². The SMILES string of the molecule is O=C(CCc1nc(-c2cccnc2)no1)NCc1cccc(Cl)c1. The molecule has 0 aliphatic heterocycles. The Morgan fingerprint density at radius 2 is 2.17 bits per heavy atom. The Bertz CT molecular complexity index is 820. The van der Waals surface area contributed by atoms with E-state index in [1.165, 1.54) is 0 Å². The molecule has 0 atom stereocenters. The number of carbonyl (C=O) groups excluding carboxylic acids is 1. The number of rotatable bonds is 6. The molecule has 0 unspecified atom stereocenters. The van der Waals surface area contributed by atoms with E-state index in [-0.39, 0.29) is 12.3 Å². The van der Waals surface area contributed by atoms with Crippen LogP contribution in [-0.4, -0.2) is 21.0 Å². The first kappa shape index (κ1) is 16.1. The van der Waals surface area contributed by atoms with E-state index < -0.39 is 0 Å². The molecule has 3 rings (SSSR count). The third-order valence-corrected chi connectivity index (χ3v) is 3.57. The molecule has 1 aromatic carbocycles. The van der Waals surface area contributed by atoms with Crippen LogP contribution in [0.2, 0.25) is 5.02 Å². The molecule has 1 N–H and O–H groups in total. The van der Waals surface area contributed by atoms with E-state index in [0.29, 0.717) is 29.7 Å². The molecule has 122 valence electrons. The third kappa shape index (κ3) is 4.39. The second-order valence-electron chi connectivity index (χ2n) is 5.16. The predicted molar refractivity (Wildman–Crippen MR) is 89.1 cm³/mol. The van der Waals surface area contributed by atoms with Gasteiger partial charge in [-0.05, 0) is 29.8 Å². The van der Waals surface area contributed by atoms with Crippen LogP contribution in [0.1, 0.15) is 17.9 Å². The largest absolute Gasteiger partial charge is 0.352 e. The van der Waals surface area contributed by atoms with E-state index in [1.807, 2.05) is 24.3 Å². The van der Waals surface area contributed by atoms with Crippen LogP contribution in [0.5, 0.6) is 0 Å². The van der Waals surface area contributed by atoms with Gasteiger partial charge in [-0.25, -0.2) is 0 Å². The van der Waals surface area contributed by atoms with E-state index in [9.17, 15) is 4.79 Å². The molecule has 0 saturated carbocycles. The highest BCUT2D eigenvalue weighted by atomic mass is 35.5. The molecule has 0 spiro atoms. The molecule has 7 heteroatoms. The normalized spacial score (nSPS) is 10.5. The second-order valence-corrected chi connectivity index (χ2v) is 5.60. The fourth-order valence-electron chi connectivity index (χ4n) is 2.13. The molecule has 24 heavy (non-hydrogen) atoms. The molecular formula is C17H15ClN4O2. The number of amides is 1. The number of nitrogens with zero attached hydrogens (tertiary/aromatic N) is 3. The summed E-state index contributed by atoms with van der Waals surface area (Å²) in [6.45, 7) is 0.435. The molecule has 0 bridgehead atoms. The number of benzene rings is 1. The summed E-state index contributed by atoms with van der Waals surface area (Å²) >= 11 is 5.91. The van der Waals surface area contributed by atoms with Crippen molar-refractivity contribution >= 4 is 17.5 Å². The van der Waals surface area contributed by atoms with Crippen molar-refractivity contribution in [3.05, 3.63) is 65.3 Å². The number of carbonyl (C=O) groups is 1. The van der Waals surface area contributed by atoms with E-state index >= 15 is 0 Å². The lowest BCUT2D eigenvalue weighted by Gasteiger charge is -2.04. The highest BCUT2D eigenvalue weighted by Gasteiger charge is 2.10. The first-order valence-corrected chi connectivity index (χ1v) is 7.82. The Hall–Kier alpha value is -2.73. The standard InChI is InChI=1S/C17H15ClN4O2/c18-14-5-1-3-12(9-14)10-20-15(23)6-7-16-21-17(22-24-16)13-4-2-8-19-11-13/h1-5,8-9,11H,6-7,10H2,(H,20,23). The Labute approximate surface area is 143 Å². The van der Waals surface area contributed by atoms with Crippen molar-refractivity contribution in [1.29, 1.82) is 0 Å². The Morgan fingerprint density at radius 3 is 2.96 bits per heavy atom. The van der Waals surface area contributed by atoms with Gasteiger partial charge in [-0.1, -0.05) is 28.9 Å². The zero-order valence-electron chi connectivity index (χ0n) is 12.8. The average Bonchev–Trinajstić information content (AvgIpc) is 3.08. The van der Waals surface area contributed by atoms with Crippen LogP contribution < -0.4 is 5.32 Å². The van der Waals surface area contributed by atoms with Crippen molar-refractivity contribution < 1.29 is 9.32 Å². The average molecular weight is 343 g/mol. The predicted octanol–water partition coefficient (Wildman–Crippen LogP) is 3.03. The maximum Gasteiger partial charge on any atom is 0.227 e. The van der Waals surface area contributed by atoms with Gasteiger partial charge in [-0.3, -0.25) is 9.78 Å². The zero-order chi connectivity index (χ0) is 16.8. The van der Waals surface area contributed by atoms with Crippen LogP contribution in [0.3, 0.4) is 0 Å². The summed E-state index contributed by atoms with van der Waals surface area (Å²) in [6.07, 6.45) is 3.99. The van der Waals surface area contributed by atoms with Crippen molar-refractivity contribution in [2.75, 3.05) is 0 Å². The Morgan fingerprint density at radius 1 is 1.25 bits per heavy atom. The Balaban J connectivity index is 1.49. The molecule has 0 saturated heterocycles. The first-order valence-electron chi connectivity index (χ1n) is 7.45. The quantitative estimate of drug-likeness (QED) is 0.744. The highest BCUT2D eigenvalue weighted by Crippen LogP contribution is 2.14. The van der Waals surface area contributed by atoms with Crippen LogP contribution in [-0.2, 0) is 17.8 Å². The van der Waals surface area contributed by atoms with E-state index in [4.69, 9.17) is 16.1 Å². The summed E-state index contributed by atoms with van der Waals surface area (Å²) in [5, 5.41) is 7.38. The number of hydrogen-bond acceptors (Lipinski definition) is 5. The fourth-order valence-corrected chi connectivity index (χ4v) is 2.34. The van der Waals surface area contributed by atoms with Gasteiger partial charge >= 0.3 is 0 Å². The third-order valence-electron chi connectivity index (χ3n) is 3.33. The minimum Gasteiger partial charge on any atom is -0.352 e. The lowest BCUT2D eigenvalue weighted by molar-refractivity contribution is -0.121. The van der Waals surface area contributed by atoms with Crippen LogP contribution in [0.4, 0.5) is 0 Å². The van der Waals surface area contributed by atoms with E-state index in [0.717, 1.165) is 11.1 Å². The van der Waals surface area contributed by atoms with Gasteiger partial charge in [0.15, 0.2) is 0 Å². The van der Waals surface area contributed by atoms with Gasteiger partial charge in [0.05, 0.1) is 0 Å². The molecule has 6 nitrogen and oxygen atoms in total. The van der Waals surface area contributed by atoms with Crippen molar-refractivity contribution in [3.63, 3.8) is 0 Å². The smallest absolute Gasteiger partial charge is 0.227 e. The summed E-state index contributed by atoms with van der Waals surface area (Å²) < 4.78 is 5.16. The van der Waals surface area contributed by atoms with Crippen molar-refractivity contribution in [2.45, 2.75) is 19.4 Å². The molecule has 2 heterocycles. The lowest BCUT2D eigenvalue weighted by atomic mass is 10.2. The van der Waals surface area contributed by atoms with Gasteiger partial charge in [0.25, 0.3) is 0 Å². The number of aryl methyl sites for hydroxylation is 1. The zero-order valence-corrected chi connectivity index (χ0v) is 13.5. The minimum atomic E-state index is -0.0869. The van der Waals surface area contributed by atoms with E-state index in [1.54, 1.807) is 24.5 Å². The molecule has 0 fully saturated rings. The molecule has 1 amide bonds. The van der Waals surface area contributed by atoms with Gasteiger partial charge < -0.3 is 9.84 Å².